The maximum atomic E-state index is 12.1. The number of unbranched alkanes of at least 4 members (excludes halogenated alkanes) is 1. The van der Waals surface area contributed by atoms with Crippen LogP contribution in [-0.2, 0) is 14.3 Å². The van der Waals surface area contributed by atoms with E-state index in [1.54, 1.807) is 49.4 Å². The van der Waals surface area contributed by atoms with Crippen molar-refractivity contribution in [3.05, 3.63) is 58.6 Å². The Morgan fingerprint density at radius 3 is 2.47 bits per heavy atom. The molecule has 0 aliphatic heterocycles. The molecule has 30 heavy (non-hydrogen) atoms. The summed E-state index contributed by atoms with van der Waals surface area (Å²) in [7, 11) is 0. The van der Waals surface area contributed by atoms with Gasteiger partial charge in [-0.25, -0.2) is 0 Å². The first-order chi connectivity index (χ1) is 14.4. The van der Waals surface area contributed by atoms with Crippen LogP contribution >= 0.6 is 11.6 Å². The van der Waals surface area contributed by atoms with E-state index < -0.39 is 24.4 Å². The van der Waals surface area contributed by atoms with E-state index in [1.807, 2.05) is 0 Å². The SMILES string of the molecule is CCCCOc1ccc(C(=O)NCC(=O)OCC(=O)Nc2ccc(Cl)cc2C)cc1. The summed E-state index contributed by atoms with van der Waals surface area (Å²) in [4.78, 5) is 35.8. The van der Waals surface area contributed by atoms with Crippen LogP contribution in [0.5, 0.6) is 5.75 Å². The first-order valence-corrected chi connectivity index (χ1v) is 9.99. The number of anilines is 1. The van der Waals surface area contributed by atoms with Crippen LogP contribution in [0.3, 0.4) is 0 Å². The summed E-state index contributed by atoms with van der Waals surface area (Å²) in [6.07, 6.45) is 2.00. The lowest BCUT2D eigenvalue weighted by Gasteiger charge is -2.10. The number of carbonyl (C=O) groups is 3. The number of aryl methyl sites for hydroxylation is 1. The Morgan fingerprint density at radius 1 is 1.07 bits per heavy atom. The predicted molar refractivity (Wildman–Crippen MR) is 115 cm³/mol. The third kappa shape index (κ3) is 7.75. The highest BCUT2D eigenvalue weighted by molar-refractivity contribution is 6.30. The summed E-state index contributed by atoms with van der Waals surface area (Å²) < 4.78 is 10.4. The number of benzene rings is 2. The van der Waals surface area contributed by atoms with Crippen molar-refractivity contribution in [2.75, 3.05) is 25.1 Å². The topological polar surface area (TPSA) is 93.7 Å². The smallest absolute Gasteiger partial charge is 0.325 e. The number of hydrogen-bond donors (Lipinski definition) is 2. The molecule has 160 valence electrons. The van der Waals surface area contributed by atoms with Gasteiger partial charge in [0.2, 0.25) is 0 Å². The second-order valence-corrected chi connectivity index (χ2v) is 7.01. The molecule has 7 nitrogen and oxygen atoms in total. The fourth-order valence-electron chi connectivity index (χ4n) is 2.44. The Hall–Kier alpha value is -3.06. The van der Waals surface area contributed by atoms with E-state index in [9.17, 15) is 14.4 Å². The Morgan fingerprint density at radius 2 is 1.80 bits per heavy atom. The van der Waals surface area contributed by atoms with Crippen LogP contribution in [0.2, 0.25) is 5.02 Å². The second kappa shape index (κ2) is 11.8. The monoisotopic (exact) mass is 432 g/mol. The molecule has 0 aliphatic carbocycles. The fourth-order valence-corrected chi connectivity index (χ4v) is 2.67. The summed E-state index contributed by atoms with van der Waals surface area (Å²) in [5.74, 6) is -0.945. The van der Waals surface area contributed by atoms with Crippen molar-refractivity contribution in [2.24, 2.45) is 0 Å². The van der Waals surface area contributed by atoms with Crippen LogP contribution in [0.1, 0.15) is 35.7 Å². The quantitative estimate of drug-likeness (QED) is 0.440. The van der Waals surface area contributed by atoms with Gasteiger partial charge < -0.3 is 20.1 Å². The van der Waals surface area contributed by atoms with E-state index in [4.69, 9.17) is 21.1 Å². The van der Waals surface area contributed by atoms with Crippen LogP contribution in [0.15, 0.2) is 42.5 Å². The van der Waals surface area contributed by atoms with E-state index in [0.717, 1.165) is 18.4 Å². The van der Waals surface area contributed by atoms with Crippen LogP contribution in [-0.4, -0.2) is 37.5 Å². The van der Waals surface area contributed by atoms with E-state index in [1.165, 1.54) is 0 Å². The molecule has 2 amide bonds. The molecule has 2 N–H and O–H groups in total. The Kier molecular flexibility index (Phi) is 9.15. The lowest BCUT2D eigenvalue weighted by molar-refractivity contribution is -0.146. The summed E-state index contributed by atoms with van der Waals surface area (Å²) in [6.45, 7) is 3.70. The number of nitrogens with one attached hydrogen (secondary N) is 2. The van der Waals surface area contributed by atoms with Gasteiger partial charge in [0.25, 0.3) is 11.8 Å². The van der Waals surface area contributed by atoms with Crippen molar-refractivity contribution in [3.8, 4) is 5.75 Å². The number of halogens is 1. The van der Waals surface area contributed by atoms with Crippen molar-refractivity contribution >= 4 is 35.1 Å². The molecule has 0 fully saturated rings. The van der Waals surface area contributed by atoms with Gasteiger partial charge in [-0.05, 0) is 61.4 Å². The fraction of sp³-hybridized carbons (Fsp3) is 0.318. The third-order valence-corrected chi connectivity index (χ3v) is 4.34. The number of carbonyl (C=O) groups excluding carboxylic acids is 3. The lowest BCUT2D eigenvalue weighted by atomic mass is 10.2. The highest BCUT2D eigenvalue weighted by Crippen LogP contribution is 2.19. The van der Waals surface area contributed by atoms with E-state index in [-0.39, 0.29) is 6.54 Å². The molecule has 2 aromatic carbocycles. The number of hydrogen-bond acceptors (Lipinski definition) is 5. The molecule has 0 saturated carbocycles. The molecule has 8 heteroatoms. The largest absolute Gasteiger partial charge is 0.494 e. The summed E-state index contributed by atoms with van der Waals surface area (Å²) in [5, 5.41) is 5.65. The molecule has 0 radical (unpaired) electrons. The molecule has 2 rings (SSSR count). The van der Waals surface area contributed by atoms with Crippen LogP contribution in [0.25, 0.3) is 0 Å². The van der Waals surface area contributed by atoms with Crippen LogP contribution in [0.4, 0.5) is 5.69 Å². The second-order valence-electron chi connectivity index (χ2n) is 6.58. The first-order valence-electron chi connectivity index (χ1n) is 9.61. The Bertz CT molecular complexity index is 884. The maximum Gasteiger partial charge on any atom is 0.325 e. The summed E-state index contributed by atoms with van der Waals surface area (Å²) >= 11 is 5.87. The Balaban J connectivity index is 1.72. The average molecular weight is 433 g/mol. The van der Waals surface area contributed by atoms with Crippen molar-refractivity contribution in [1.29, 1.82) is 0 Å². The van der Waals surface area contributed by atoms with Gasteiger partial charge in [0.1, 0.15) is 12.3 Å². The summed E-state index contributed by atoms with van der Waals surface area (Å²) in [5.41, 5.74) is 1.76. The molecule has 0 bridgehead atoms. The zero-order chi connectivity index (χ0) is 21.9. The zero-order valence-electron chi connectivity index (χ0n) is 17.0. The third-order valence-electron chi connectivity index (χ3n) is 4.10. The van der Waals surface area contributed by atoms with Crippen LogP contribution < -0.4 is 15.4 Å². The number of ether oxygens (including phenoxy) is 2. The highest BCUT2D eigenvalue weighted by Gasteiger charge is 2.12. The molecule has 0 aromatic heterocycles. The van der Waals surface area contributed by atoms with Gasteiger partial charge in [-0.3, -0.25) is 14.4 Å². The van der Waals surface area contributed by atoms with Crippen molar-refractivity contribution in [2.45, 2.75) is 26.7 Å². The molecule has 2 aromatic rings. The van der Waals surface area contributed by atoms with Gasteiger partial charge in [0, 0.05) is 16.3 Å². The van der Waals surface area contributed by atoms with E-state index in [0.29, 0.717) is 28.6 Å². The minimum absolute atomic E-state index is 0.346. The molecule has 0 unspecified atom stereocenters. The van der Waals surface area contributed by atoms with Crippen molar-refractivity contribution < 1.29 is 23.9 Å². The van der Waals surface area contributed by atoms with Gasteiger partial charge in [-0.2, -0.15) is 0 Å². The molecule has 0 spiro atoms. The molecular formula is C22H25ClN2O5. The minimum atomic E-state index is -0.717. The van der Waals surface area contributed by atoms with Crippen molar-refractivity contribution in [3.63, 3.8) is 0 Å². The van der Waals surface area contributed by atoms with E-state index >= 15 is 0 Å². The molecule has 0 atom stereocenters. The minimum Gasteiger partial charge on any atom is -0.494 e. The lowest BCUT2D eigenvalue weighted by Crippen LogP contribution is -2.32. The predicted octanol–water partition coefficient (Wildman–Crippen LogP) is 3.74. The highest BCUT2D eigenvalue weighted by atomic mass is 35.5. The molecular weight excluding hydrogens is 408 g/mol. The van der Waals surface area contributed by atoms with Gasteiger partial charge >= 0.3 is 5.97 Å². The Labute approximate surface area is 180 Å². The van der Waals surface area contributed by atoms with Crippen LogP contribution in [0, 0.1) is 6.92 Å². The maximum absolute atomic E-state index is 12.1. The van der Waals surface area contributed by atoms with E-state index in [2.05, 4.69) is 17.6 Å². The molecule has 0 aliphatic rings. The van der Waals surface area contributed by atoms with Gasteiger partial charge in [-0.15, -0.1) is 0 Å². The number of amides is 2. The van der Waals surface area contributed by atoms with Gasteiger partial charge in [-0.1, -0.05) is 24.9 Å². The number of rotatable bonds is 10. The van der Waals surface area contributed by atoms with Gasteiger partial charge in [0.15, 0.2) is 6.61 Å². The average Bonchev–Trinajstić information content (AvgIpc) is 2.73. The molecule has 0 saturated heterocycles. The first kappa shape index (κ1) is 23.2. The standard InChI is InChI=1S/C22H25ClN2O5/c1-3-4-11-29-18-8-5-16(6-9-18)22(28)24-13-21(27)30-14-20(26)25-19-10-7-17(23)12-15(19)2/h5-10,12H,3-4,11,13-14H2,1-2H3,(H,24,28)(H,25,26). The normalized spacial score (nSPS) is 10.2. The van der Waals surface area contributed by atoms with Gasteiger partial charge in [0.05, 0.1) is 6.61 Å². The summed E-state index contributed by atoms with van der Waals surface area (Å²) in [6, 6.07) is 11.7. The molecule has 0 heterocycles. The zero-order valence-corrected chi connectivity index (χ0v) is 17.8. The number of esters is 1. The van der Waals surface area contributed by atoms with Crippen molar-refractivity contribution in [1.82, 2.24) is 5.32 Å².